The number of nitrogens with one attached hydrogen (secondary N) is 2. The fourth-order valence-electron chi connectivity index (χ4n) is 3.33. The van der Waals surface area contributed by atoms with Gasteiger partial charge in [0, 0.05) is 18.7 Å². The Morgan fingerprint density at radius 1 is 1.27 bits per heavy atom. The van der Waals surface area contributed by atoms with Crippen molar-refractivity contribution < 1.29 is 19.5 Å². The van der Waals surface area contributed by atoms with Crippen LogP contribution in [0.25, 0.3) is 0 Å². The molecule has 0 spiro atoms. The van der Waals surface area contributed by atoms with E-state index in [1.807, 2.05) is 36.9 Å². The lowest BCUT2D eigenvalue weighted by molar-refractivity contribution is -0.137. The molecule has 1 heterocycles. The van der Waals surface area contributed by atoms with E-state index < -0.39 is 12.0 Å². The Balaban J connectivity index is 1.78. The Morgan fingerprint density at radius 3 is 2.73 bits per heavy atom. The standard InChI is InChI=1S/C19H27N3O4/c1-13-5-7-16(14(2)10-13)20-19(26)21-17(23)12-22-9-3-4-15(11-22)6-8-18(24)25/h5,7,10,15H,3-4,6,8-9,11-12H2,1-2H3,(H,24,25)(H2,20,21,23,26). The molecule has 1 aromatic carbocycles. The maximum absolute atomic E-state index is 12.1. The number of piperidine rings is 1. The second kappa shape index (κ2) is 9.33. The summed E-state index contributed by atoms with van der Waals surface area (Å²) in [6.07, 6.45) is 2.70. The number of aryl methyl sites for hydroxylation is 2. The second-order valence-electron chi connectivity index (χ2n) is 7.00. The third-order valence-corrected chi connectivity index (χ3v) is 4.62. The smallest absolute Gasteiger partial charge is 0.325 e. The summed E-state index contributed by atoms with van der Waals surface area (Å²) in [7, 11) is 0. The van der Waals surface area contributed by atoms with Gasteiger partial charge < -0.3 is 10.4 Å². The number of carbonyl (C=O) groups excluding carboxylic acids is 2. The highest BCUT2D eigenvalue weighted by Crippen LogP contribution is 2.20. The van der Waals surface area contributed by atoms with E-state index in [1.54, 1.807) is 0 Å². The van der Waals surface area contributed by atoms with Crippen LogP contribution in [0.15, 0.2) is 18.2 Å². The summed E-state index contributed by atoms with van der Waals surface area (Å²) < 4.78 is 0. The SMILES string of the molecule is Cc1ccc(NC(=O)NC(=O)CN2CCCC(CCC(=O)O)C2)c(C)c1. The number of urea groups is 1. The zero-order valence-corrected chi connectivity index (χ0v) is 15.4. The number of carboxylic acids is 1. The van der Waals surface area contributed by atoms with Gasteiger partial charge in [-0.15, -0.1) is 0 Å². The molecule has 3 N–H and O–H groups in total. The first kappa shape index (κ1) is 19.9. The van der Waals surface area contributed by atoms with Crippen LogP contribution >= 0.6 is 0 Å². The normalized spacial score (nSPS) is 17.5. The predicted molar refractivity (Wildman–Crippen MR) is 99.1 cm³/mol. The van der Waals surface area contributed by atoms with Crippen molar-refractivity contribution in [3.05, 3.63) is 29.3 Å². The van der Waals surface area contributed by atoms with Gasteiger partial charge in [0.15, 0.2) is 0 Å². The maximum Gasteiger partial charge on any atom is 0.325 e. The number of aliphatic carboxylic acids is 1. The Morgan fingerprint density at radius 2 is 2.04 bits per heavy atom. The summed E-state index contributed by atoms with van der Waals surface area (Å²) in [4.78, 5) is 36.8. The largest absolute Gasteiger partial charge is 0.481 e. The van der Waals surface area contributed by atoms with Crippen LogP contribution in [-0.4, -0.2) is 47.5 Å². The highest BCUT2D eigenvalue weighted by molar-refractivity contribution is 6.02. The van der Waals surface area contributed by atoms with Gasteiger partial charge in [-0.2, -0.15) is 0 Å². The lowest BCUT2D eigenvalue weighted by atomic mass is 9.93. The van der Waals surface area contributed by atoms with Gasteiger partial charge in [0.2, 0.25) is 5.91 Å². The van der Waals surface area contributed by atoms with Gasteiger partial charge >= 0.3 is 12.0 Å². The summed E-state index contributed by atoms with van der Waals surface area (Å²) >= 11 is 0. The fraction of sp³-hybridized carbons (Fsp3) is 0.526. The molecule has 7 heteroatoms. The van der Waals surface area contributed by atoms with Gasteiger partial charge in [-0.25, -0.2) is 4.79 Å². The molecule has 1 aromatic rings. The Labute approximate surface area is 153 Å². The second-order valence-corrected chi connectivity index (χ2v) is 7.00. The number of carbonyl (C=O) groups is 3. The number of nitrogens with zero attached hydrogens (tertiary/aromatic N) is 1. The van der Waals surface area contributed by atoms with Crippen molar-refractivity contribution in [2.45, 2.75) is 39.5 Å². The van der Waals surface area contributed by atoms with Gasteiger partial charge in [-0.1, -0.05) is 17.7 Å². The minimum atomic E-state index is -0.789. The van der Waals surface area contributed by atoms with Crippen molar-refractivity contribution in [2.75, 3.05) is 25.0 Å². The topological polar surface area (TPSA) is 98.7 Å². The number of amides is 3. The Hall–Kier alpha value is -2.41. The van der Waals surface area contributed by atoms with Crippen LogP contribution in [0.3, 0.4) is 0 Å². The van der Waals surface area contributed by atoms with Gasteiger partial charge in [-0.05, 0) is 57.2 Å². The maximum atomic E-state index is 12.1. The van der Waals surface area contributed by atoms with E-state index in [0.29, 0.717) is 18.7 Å². The monoisotopic (exact) mass is 361 g/mol. The van der Waals surface area contributed by atoms with Crippen molar-refractivity contribution >= 4 is 23.6 Å². The zero-order chi connectivity index (χ0) is 19.1. The van der Waals surface area contributed by atoms with E-state index in [-0.39, 0.29) is 24.8 Å². The van der Waals surface area contributed by atoms with E-state index in [1.165, 1.54) is 0 Å². The average Bonchev–Trinajstić information content (AvgIpc) is 2.55. The summed E-state index contributed by atoms with van der Waals surface area (Å²) in [5, 5.41) is 13.8. The quantitative estimate of drug-likeness (QED) is 0.723. The van der Waals surface area contributed by atoms with Crippen LogP contribution in [0.2, 0.25) is 0 Å². The molecule has 26 heavy (non-hydrogen) atoms. The van der Waals surface area contributed by atoms with Crippen molar-refractivity contribution in [3.63, 3.8) is 0 Å². The lowest BCUT2D eigenvalue weighted by Gasteiger charge is -2.31. The third-order valence-electron chi connectivity index (χ3n) is 4.62. The molecule has 2 rings (SSSR count). The first-order valence-electron chi connectivity index (χ1n) is 8.95. The van der Waals surface area contributed by atoms with Crippen LogP contribution in [0.1, 0.15) is 36.8 Å². The van der Waals surface area contributed by atoms with Gasteiger partial charge in [0.1, 0.15) is 0 Å². The molecular weight excluding hydrogens is 334 g/mol. The molecule has 1 aliphatic rings. The van der Waals surface area contributed by atoms with Crippen LogP contribution in [-0.2, 0) is 9.59 Å². The molecule has 1 atom stereocenters. The summed E-state index contributed by atoms with van der Waals surface area (Å²) in [6.45, 7) is 5.50. The molecule has 0 bridgehead atoms. The van der Waals surface area contributed by atoms with E-state index in [2.05, 4.69) is 10.6 Å². The van der Waals surface area contributed by atoms with Crippen LogP contribution in [0, 0.1) is 19.8 Å². The molecule has 7 nitrogen and oxygen atoms in total. The lowest BCUT2D eigenvalue weighted by Crippen LogP contribution is -2.45. The molecule has 3 amide bonds. The molecule has 1 unspecified atom stereocenters. The Bertz CT molecular complexity index is 675. The van der Waals surface area contributed by atoms with Crippen LogP contribution in [0.5, 0.6) is 0 Å². The predicted octanol–water partition coefficient (Wildman–Crippen LogP) is 2.53. The van der Waals surface area contributed by atoms with Crippen molar-refractivity contribution in [1.82, 2.24) is 10.2 Å². The summed E-state index contributed by atoms with van der Waals surface area (Å²) in [6, 6.07) is 5.13. The zero-order valence-electron chi connectivity index (χ0n) is 15.4. The Kier molecular flexibility index (Phi) is 7.15. The van der Waals surface area contributed by atoms with E-state index in [4.69, 9.17) is 5.11 Å². The molecule has 0 aliphatic carbocycles. The van der Waals surface area contributed by atoms with Crippen LogP contribution < -0.4 is 10.6 Å². The first-order chi connectivity index (χ1) is 12.3. The number of carboxylic acid groups (broad SMARTS) is 1. The average molecular weight is 361 g/mol. The molecule has 0 aromatic heterocycles. The molecule has 0 radical (unpaired) electrons. The number of rotatable bonds is 6. The summed E-state index contributed by atoms with van der Waals surface area (Å²) in [5.74, 6) is -0.856. The van der Waals surface area contributed by atoms with E-state index in [0.717, 1.165) is 30.5 Å². The third kappa shape index (κ3) is 6.48. The van der Waals surface area contributed by atoms with Gasteiger partial charge in [0.25, 0.3) is 0 Å². The first-order valence-corrected chi connectivity index (χ1v) is 8.95. The fourth-order valence-corrected chi connectivity index (χ4v) is 3.33. The van der Waals surface area contributed by atoms with Crippen molar-refractivity contribution in [1.29, 1.82) is 0 Å². The van der Waals surface area contributed by atoms with E-state index >= 15 is 0 Å². The number of anilines is 1. The molecule has 1 fully saturated rings. The molecular formula is C19H27N3O4. The molecule has 1 saturated heterocycles. The van der Waals surface area contributed by atoms with Gasteiger partial charge in [0.05, 0.1) is 6.54 Å². The van der Waals surface area contributed by atoms with E-state index in [9.17, 15) is 14.4 Å². The van der Waals surface area contributed by atoms with Crippen LogP contribution in [0.4, 0.5) is 10.5 Å². The summed E-state index contributed by atoms with van der Waals surface area (Å²) in [5.41, 5.74) is 2.71. The number of imide groups is 1. The molecule has 1 aliphatic heterocycles. The number of benzene rings is 1. The molecule has 0 saturated carbocycles. The number of likely N-dealkylation sites (tertiary alicyclic amines) is 1. The number of hydrogen-bond donors (Lipinski definition) is 3. The van der Waals surface area contributed by atoms with Gasteiger partial charge in [-0.3, -0.25) is 19.8 Å². The number of hydrogen-bond acceptors (Lipinski definition) is 4. The highest BCUT2D eigenvalue weighted by atomic mass is 16.4. The van der Waals surface area contributed by atoms with Crippen molar-refractivity contribution in [2.24, 2.45) is 5.92 Å². The van der Waals surface area contributed by atoms with Crippen molar-refractivity contribution in [3.8, 4) is 0 Å². The molecule has 142 valence electrons. The minimum Gasteiger partial charge on any atom is -0.481 e. The highest BCUT2D eigenvalue weighted by Gasteiger charge is 2.22. The minimum absolute atomic E-state index is 0.143.